The topological polar surface area (TPSA) is 62.8 Å². The Balaban J connectivity index is 2.58. The van der Waals surface area contributed by atoms with Gasteiger partial charge in [-0.05, 0) is 0 Å². The third-order valence-electron chi connectivity index (χ3n) is 1.88. The molecule has 0 aliphatic rings. The summed E-state index contributed by atoms with van der Waals surface area (Å²) >= 11 is 1.54. The van der Waals surface area contributed by atoms with Crippen LogP contribution in [0.25, 0.3) is 10.6 Å². The van der Waals surface area contributed by atoms with E-state index in [1.807, 2.05) is 29.6 Å². The summed E-state index contributed by atoms with van der Waals surface area (Å²) < 4.78 is 0. The molecule has 0 aliphatic heterocycles. The van der Waals surface area contributed by atoms with Gasteiger partial charge in [0.05, 0.1) is 0 Å². The Morgan fingerprint density at radius 3 is 2.79 bits per heavy atom. The molecule has 4 heteroatoms. The minimum absolute atomic E-state index is 0.0794. The van der Waals surface area contributed by atoms with Gasteiger partial charge in [0.2, 0.25) is 0 Å². The molecule has 0 fully saturated rings. The van der Waals surface area contributed by atoms with E-state index in [0.29, 0.717) is 0 Å². The third kappa shape index (κ3) is 1.52. The van der Waals surface area contributed by atoms with Crippen LogP contribution in [0.3, 0.4) is 0 Å². The summed E-state index contributed by atoms with van der Waals surface area (Å²) in [6.07, 6.45) is 1.75. The fourth-order valence-corrected chi connectivity index (χ4v) is 1.94. The fraction of sp³-hybridized carbons (Fsp3) is 0. The summed E-state index contributed by atoms with van der Waals surface area (Å²) in [6.45, 7) is 0. The molecule has 14 heavy (non-hydrogen) atoms. The minimum Gasteiger partial charge on any atom is -0.384 e. The molecule has 1 aromatic carbocycles. The van der Waals surface area contributed by atoms with Crippen LogP contribution in [0.15, 0.2) is 35.8 Å². The first-order chi connectivity index (χ1) is 6.79. The molecule has 0 radical (unpaired) electrons. The second-order valence-electron chi connectivity index (χ2n) is 2.80. The van der Waals surface area contributed by atoms with E-state index in [0.717, 1.165) is 16.1 Å². The summed E-state index contributed by atoms with van der Waals surface area (Å²) in [5.74, 6) is 0.0794. The molecule has 3 N–H and O–H groups in total. The van der Waals surface area contributed by atoms with Crippen LogP contribution in [-0.2, 0) is 0 Å². The van der Waals surface area contributed by atoms with Crippen molar-refractivity contribution in [2.24, 2.45) is 5.73 Å². The summed E-state index contributed by atoms with van der Waals surface area (Å²) in [5, 5.41) is 10.2. The Morgan fingerprint density at radius 1 is 1.36 bits per heavy atom. The maximum absolute atomic E-state index is 7.43. The van der Waals surface area contributed by atoms with E-state index in [9.17, 15) is 0 Å². The fourth-order valence-electron chi connectivity index (χ4n) is 1.26. The number of nitrogen functional groups attached to an aromatic ring is 1. The van der Waals surface area contributed by atoms with Crippen LogP contribution in [0.5, 0.6) is 0 Å². The lowest BCUT2D eigenvalue weighted by molar-refractivity contribution is 1.38. The number of nitrogens with two attached hydrogens (primary N) is 1. The Hall–Kier alpha value is -1.68. The predicted octanol–water partition coefficient (Wildman–Crippen LogP) is 2.09. The van der Waals surface area contributed by atoms with Crippen molar-refractivity contribution in [3.05, 3.63) is 41.4 Å². The molecule has 3 nitrogen and oxygen atoms in total. The van der Waals surface area contributed by atoms with Gasteiger partial charge in [-0.1, -0.05) is 24.3 Å². The maximum atomic E-state index is 7.43. The summed E-state index contributed by atoms with van der Waals surface area (Å²) in [7, 11) is 0. The van der Waals surface area contributed by atoms with Gasteiger partial charge in [-0.2, -0.15) is 0 Å². The molecule has 0 amide bonds. The highest BCUT2D eigenvalue weighted by atomic mass is 32.1. The van der Waals surface area contributed by atoms with E-state index in [1.165, 1.54) is 0 Å². The molecular formula is C10H9N3S. The van der Waals surface area contributed by atoms with Gasteiger partial charge in [0, 0.05) is 22.7 Å². The number of hydrogen-bond acceptors (Lipinski definition) is 3. The number of aromatic nitrogens is 1. The van der Waals surface area contributed by atoms with Gasteiger partial charge >= 0.3 is 0 Å². The first-order valence-corrected chi connectivity index (χ1v) is 5.00. The predicted molar refractivity (Wildman–Crippen MR) is 58.6 cm³/mol. The lowest BCUT2D eigenvalue weighted by Gasteiger charge is -2.03. The quantitative estimate of drug-likeness (QED) is 0.580. The van der Waals surface area contributed by atoms with E-state index in [-0.39, 0.29) is 5.84 Å². The molecule has 2 rings (SSSR count). The number of nitrogens with zero attached hydrogens (tertiary/aromatic N) is 1. The van der Waals surface area contributed by atoms with Crippen LogP contribution in [0.1, 0.15) is 5.56 Å². The first-order valence-electron chi connectivity index (χ1n) is 4.12. The van der Waals surface area contributed by atoms with Crippen molar-refractivity contribution in [3.63, 3.8) is 0 Å². The highest BCUT2D eigenvalue weighted by molar-refractivity contribution is 7.13. The standard InChI is InChI=1S/C10H9N3S/c11-9(12)7-3-1-2-4-8(7)10-13-5-6-14-10/h1-6H,(H3,11,12). The molecule has 0 atom stereocenters. The molecule has 0 saturated carbocycles. The molecule has 0 spiro atoms. The average molecular weight is 203 g/mol. The van der Waals surface area contributed by atoms with Crippen LogP contribution >= 0.6 is 11.3 Å². The van der Waals surface area contributed by atoms with Crippen LogP contribution < -0.4 is 5.73 Å². The summed E-state index contributed by atoms with van der Waals surface area (Å²) in [5.41, 5.74) is 7.15. The molecule has 70 valence electrons. The zero-order valence-electron chi connectivity index (χ0n) is 7.40. The lowest BCUT2D eigenvalue weighted by Crippen LogP contribution is -2.12. The van der Waals surface area contributed by atoms with Gasteiger partial charge in [-0.3, -0.25) is 5.41 Å². The molecule has 2 aromatic rings. The van der Waals surface area contributed by atoms with Crippen LogP contribution in [0.2, 0.25) is 0 Å². The monoisotopic (exact) mass is 203 g/mol. The highest BCUT2D eigenvalue weighted by Gasteiger charge is 2.07. The van der Waals surface area contributed by atoms with Crippen molar-refractivity contribution in [2.45, 2.75) is 0 Å². The van der Waals surface area contributed by atoms with Crippen LogP contribution in [0, 0.1) is 5.41 Å². The van der Waals surface area contributed by atoms with Gasteiger partial charge in [0.15, 0.2) is 0 Å². The Bertz CT molecular complexity index is 448. The molecule has 0 bridgehead atoms. The average Bonchev–Trinajstić information content (AvgIpc) is 2.70. The van der Waals surface area contributed by atoms with Crippen molar-refractivity contribution < 1.29 is 0 Å². The number of hydrogen-bond donors (Lipinski definition) is 2. The van der Waals surface area contributed by atoms with E-state index >= 15 is 0 Å². The maximum Gasteiger partial charge on any atom is 0.123 e. The molecular weight excluding hydrogens is 194 g/mol. The van der Waals surface area contributed by atoms with E-state index < -0.39 is 0 Å². The molecule has 0 unspecified atom stereocenters. The largest absolute Gasteiger partial charge is 0.384 e. The summed E-state index contributed by atoms with van der Waals surface area (Å²) in [4.78, 5) is 4.20. The van der Waals surface area contributed by atoms with Crippen molar-refractivity contribution in [3.8, 4) is 10.6 Å². The number of amidine groups is 1. The number of rotatable bonds is 2. The number of nitrogens with one attached hydrogen (secondary N) is 1. The van der Waals surface area contributed by atoms with E-state index in [4.69, 9.17) is 11.1 Å². The highest BCUT2D eigenvalue weighted by Crippen LogP contribution is 2.24. The van der Waals surface area contributed by atoms with E-state index in [1.54, 1.807) is 17.5 Å². The molecule has 0 saturated heterocycles. The van der Waals surface area contributed by atoms with Gasteiger partial charge in [-0.15, -0.1) is 11.3 Å². The van der Waals surface area contributed by atoms with Gasteiger partial charge in [0.25, 0.3) is 0 Å². The lowest BCUT2D eigenvalue weighted by atomic mass is 10.1. The zero-order valence-corrected chi connectivity index (χ0v) is 8.21. The molecule has 0 aliphatic carbocycles. The Morgan fingerprint density at radius 2 is 2.14 bits per heavy atom. The van der Waals surface area contributed by atoms with Gasteiger partial charge in [0.1, 0.15) is 10.8 Å². The second-order valence-corrected chi connectivity index (χ2v) is 3.69. The zero-order chi connectivity index (χ0) is 9.97. The van der Waals surface area contributed by atoms with Crippen LogP contribution in [-0.4, -0.2) is 10.8 Å². The van der Waals surface area contributed by atoms with Crippen molar-refractivity contribution in [1.29, 1.82) is 5.41 Å². The molecule has 1 heterocycles. The van der Waals surface area contributed by atoms with Crippen molar-refractivity contribution in [1.82, 2.24) is 4.98 Å². The van der Waals surface area contributed by atoms with Crippen molar-refractivity contribution in [2.75, 3.05) is 0 Å². The second kappa shape index (κ2) is 3.59. The molecule has 1 aromatic heterocycles. The smallest absolute Gasteiger partial charge is 0.123 e. The normalized spacial score (nSPS) is 10.0. The van der Waals surface area contributed by atoms with Gasteiger partial charge < -0.3 is 5.73 Å². The minimum atomic E-state index is 0.0794. The van der Waals surface area contributed by atoms with Crippen molar-refractivity contribution >= 4 is 17.2 Å². The first kappa shape index (κ1) is 8.90. The van der Waals surface area contributed by atoms with Gasteiger partial charge in [-0.25, -0.2) is 4.98 Å². The number of benzene rings is 1. The van der Waals surface area contributed by atoms with E-state index in [2.05, 4.69) is 4.98 Å². The summed E-state index contributed by atoms with van der Waals surface area (Å²) in [6, 6.07) is 7.55. The number of thiazole rings is 1. The van der Waals surface area contributed by atoms with Crippen LogP contribution in [0.4, 0.5) is 0 Å². The Kier molecular flexibility index (Phi) is 2.28. The third-order valence-corrected chi connectivity index (χ3v) is 2.69. The Labute approximate surface area is 85.7 Å². The SMILES string of the molecule is N=C(N)c1ccccc1-c1nccs1.